The smallest absolute Gasteiger partial charge is 0.269 e. The van der Waals surface area contributed by atoms with E-state index in [1.807, 2.05) is 0 Å². The lowest BCUT2D eigenvalue weighted by molar-refractivity contribution is -0.385. The molecule has 5 rings (SSSR count). The number of non-ortho nitro benzene ring substituents is 2. The Hall–Kier alpha value is -5.00. The molecule has 0 aromatic heterocycles. The highest BCUT2D eigenvalue weighted by Gasteiger charge is 2.25. The molecule has 40 heavy (non-hydrogen) atoms. The molecule has 0 atom stereocenters. The van der Waals surface area contributed by atoms with E-state index >= 15 is 0 Å². The summed E-state index contributed by atoms with van der Waals surface area (Å²) >= 11 is 0. The van der Waals surface area contributed by atoms with Gasteiger partial charge in [0, 0.05) is 99.1 Å². The van der Waals surface area contributed by atoms with Crippen molar-refractivity contribution in [3.8, 4) is 0 Å². The summed E-state index contributed by atoms with van der Waals surface area (Å²) in [5.41, 5.74) is 2.89. The lowest BCUT2D eigenvalue weighted by Crippen LogP contribution is -2.49. The van der Waals surface area contributed by atoms with Crippen LogP contribution in [0.4, 0.5) is 22.7 Å². The quantitative estimate of drug-likeness (QED) is 0.340. The highest BCUT2D eigenvalue weighted by atomic mass is 16.6. The summed E-state index contributed by atoms with van der Waals surface area (Å²) in [4.78, 5) is 54.8. The molecule has 0 saturated carbocycles. The van der Waals surface area contributed by atoms with Crippen LogP contribution >= 0.6 is 0 Å². The molecule has 0 spiro atoms. The third-order valence-corrected chi connectivity index (χ3v) is 7.36. The lowest BCUT2D eigenvalue weighted by Gasteiger charge is -2.36. The third-order valence-electron chi connectivity index (χ3n) is 7.36. The van der Waals surface area contributed by atoms with E-state index in [0.717, 1.165) is 11.4 Å². The molecule has 3 aromatic carbocycles. The van der Waals surface area contributed by atoms with E-state index in [0.29, 0.717) is 63.5 Å². The van der Waals surface area contributed by atoms with Crippen LogP contribution in [0.5, 0.6) is 0 Å². The van der Waals surface area contributed by atoms with E-state index in [1.165, 1.54) is 24.3 Å². The normalized spacial score (nSPS) is 15.6. The summed E-state index contributed by atoms with van der Waals surface area (Å²) in [5.74, 6) is -0.196. The Morgan fingerprint density at radius 1 is 0.500 bits per heavy atom. The summed E-state index contributed by atoms with van der Waals surface area (Å²) in [6.45, 7) is 4.56. The van der Waals surface area contributed by atoms with Crippen LogP contribution in [0.25, 0.3) is 0 Å². The second kappa shape index (κ2) is 11.4. The Morgan fingerprint density at radius 3 is 1.07 bits per heavy atom. The standard InChI is InChI=1S/C28H28N6O6/c35-27(31-17-13-29(14-18-31)23-5-9-25(10-6-23)33(37)38)21-1-2-22(4-3-21)28(36)32-19-15-30(16-20-32)24-7-11-26(12-8-24)34(39)40/h1-12H,13-20H2. The first-order chi connectivity index (χ1) is 19.3. The number of anilines is 2. The van der Waals surface area contributed by atoms with Gasteiger partial charge in [0.25, 0.3) is 23.2 Å². The number of nitro benzene ring substituents is 2. The highest BCUT2D eigenvalue weighted by Crippen LogP contribution is 2.23. The van der Waals surface area contributed by atoms with Gasteiger partial charge in [0.1, 0.15) is 0 Å². The SMILES string of the molecule is O=C(c1ccc(C(=O)N2CCN(c3ccc([N+](=O)[O-])cc3)CC2)cc1)N1CCN(c2ccc([N+](=O)[O-])cc2)CC1. The van der Waals surface area contributed by atoms with Gasteiger partial charge in [-0.3, -0.25) is 29.8 Å². The van der Waals surface area contributed by atoms with Crippen molar-refractivity contribution < 1.29 is 19.4 Å². The Balaban J connectivity index is 1.12. The van der Waals surface area contributed by atoms with E-state index in [1.54, 1.807) is 58.3 Å². The predicted octanol–water partition coefficient (Wildman–Crippen LogP) is 3.43. The van der Waals surface area contributed by atoms with Crippen LogP contribution in [0.1, 0.15) is 20.7 Å². The number of carbonyl (C=O) groups is 2. The summed E-state index contributed by atoms with van der Waals surface area (Å²) in [6, 6.07) is 19.6. The molecular weight excluding hydrogens is 516 g/mol. The maximum atomic E-state index is 13.1. The van der Waals surface area contributed by atoms with Crippen molar-refractivity contribution >= 4 is 34.6 Å². The second-order valence-corrected chi connectivity index (χ2v) is 9.68. The fraction of sp³-hybridized carbons (Fsp3) is 0.286. The molecule has 3 aromatic rings. The molecular formula is C28H28N6O6. The van der Waals surface area contributed by atoms with Gasteiger partial charge in [0.2, 0.25) is 0 Å². The average Bonchev–Trinajstić information content (AvgIpc) is 3.00. The third kappa shape index (κ3) is 5.70. The molecule has 2 aliphatic heterocycles. The molecule has 206 valence electrons. The van der Waals surface area contributed by atoms with Gasteiger partial charge >= 0.3 is 0 Å². The Bertz CT molecular complexity index is 1290. The molecule has 0 bridgehead atoms. The monoisotopic (exact) mass is 544 g/mol. The number of benzene rings is 3. The Morgan fingerprint density at radius 2 is 0.800 bits per heavy atom. The van der Waals surface area contributed by atoms with Crippen molar-refractivity contribution in [1.82, 2.24) is 9.80 Å². The maximum Gasteiger partial charge on any atom is 0.269 e. The zero-order valence-electron chi connectivity index (χ0n) is 21.7. The fourth-order valence-electron chi connectivity index (χ4n) is 5.03. The summed E-state index contributed by atoms with van der Waals surface area (Å²) < 4.78 is 0. The molecule has 0 unspecified atom stereocenters. The van der Waals surface area contributed by atoms with Crippen molar-refractivity contribution in [2.24, 2.45) is 0 Å². The van der Waals surface area contributed by atoms with Crippen molar-refractivity contribution in [3.63, 3.8) is 0 Å². The summed E-state index contributed by atoms with van der Waals surface area (Å²) in [5, 5.41) is 21.7. The molecule has 2 aliphatic rings. The van der Waals surface area contributed by atoms with Crippen molar-refractivity contribution in [2.75, 3.05) is 62.2 Å². The molecule has 2 saturated heterocycles. The minimum Gasteiger partial charge on any atom is -0.368 e. The number of carbonyl (C=O) groups excluding carboxylic acids is 2. The van der Waals surface area contributed by atoms with E-state index in [4.69, 9.17) is 0 Å². The van der Waals surface area contributed by atoms with Gasteiger partial charge < -0.3 is 19.6 Å². The van der Waals surface area contributed by atoms with Crippen molar-refractivity contribution in [2.45, 2.75) is 0 Å². The second-order valence-electron chi connectivity index (χ2n) is 9.68. The average molecular weight is 545 g/mol. The van der Waals surface area contributed by atoms with Crippen molar-refractivity contribution in [3.05, 3.63) is 104 Å². The number of hydrogen-bond donors (Lipinski definition) is 0. The lowest BCUT2D eigenvalue weighted by atomic mass is 10.1. The van der Waals surface area contributed by atoms with Crippen LogP contribution in [0.15, 0.2) is 72.8 Å². The van der Waals surface area contributed by atoms with Gasteiger partial charge in [0.05, 0.1) is 9.85 Å². The van der Waals surface area contributed by atoms with Crippen LogP contribution < -0.4 is 9.80 Å². The molecule has 0 radical (unpaired) electrons. The van der Waals surface area contributed by atoms with Gasteiger partial charge in [-0.2, -0.15) is 0 Å². The number of nitrogens with zero attached hydrogens (tertiary/aromatic N) is 6. The first-order valence-corrected chi connectivity index (χ1v) is 13.0. The molecule has 12 heteroatoms. The van der Waals surface area contributed by atoms with Gasteiger partial charge in [-0.25, -0.2) is 0 Å². The van der Waals surface area contributed by atoms with Gasteiger partial charge in [0.15, 0.2) is 0 Å². The van der Waals surface area contributed by atoms with E-state index in [-0.39, 0.29) is 23.2 Å². The zero-order chi connectivity index (χ0) is 28.2. The summed E-state index contributed by atoms with van der Waals surface area (Å²) in [7, 11) is 0. The molecule has 0 aliphatic carbocycles. The molecule has 12 nitrogen and oxygen atoms in total. The zero-order valence-corrected chi connectivity index (χ0v) is 21.7. The number of amides is 2. The van der Waals surface area contributed by atoms with E-state index < -0.39 is 9.85 Å². The highest BCUT2D eigenvalue weighted by molar-refractivity contribution is 5.98. The van der Waals surface area contributed by atoms with Crippen LogP contribution in [0.3, 0.4) is 0 Å². The van der Waals surface area contributed by atoms with Crippen LogP contribution in [-0.2, 0) is 0 Å². The van der Waals surface area contributed by atoms with Gasteiger partial charge in [-0.05, 0) is 48.5 Å². The largest absolute Gasteiger partial charge is 0.368 e. The fourth-order valence-corrected chi connectivity index (χ4v) is 5.03. The van der Waals surface area contributed by atoms with Crippen LogP contribution in [0.2, 0.25) is 0 Å². The van der Waals surface area contributed by atoms with E-state index in [2.05, 4.69) is 9.80 Å². The molecule has 0 N–H and O–H groups in total. The predicted molar refractivity (Wildman–Crippen MR) is 149 cm³/mol. The van der Waals surface area contributed by atoms with E-state index in [9.17, 15) is 29.8 Å². The van der Waals surface area contributed by atoms with Crippen LogP contribution in [-0.4, -0.2) is 83.8 Å². The molecule has 2 fully saturated rings. The number of piperazine rings is 2. The Kier molecular flexibility index (Phi) is 7.58. The first kappa shape index (κ1) is 26.6. The maximum absolute atomic E-state index is 13.1. The van der Waals surface area contributed by atoms with Gasteiger partial charge in [-0.15, -0.1) is 0 Å². The number of hydrogen-bond acceptors (Lipinski definition) is 8. The minimum atomic E-state index is -0.427. The van der Waals surface area contributed by atoms with Gasteiger partial charge in [-0.1, -0.05) is 0 Å². The first-order valence-electron chi connectivity index (χ1n) is 13.0. The van der Waals surface area contributed by atoms with Crippen molar-refractivity contribution in [1.29, 1.82) is 0 Å². The summed E-state index contributed by atoms with van der Waals surface area (Å²) in [6.07, 6.45) is 0. The minimum absolute atomic E-state index is 0.0454. The topological polar surface area (TPSA) is 133 Å². The number of nitro groups is 2. The van der Waals surface area contributed by atoms with Crippen LogP contribution in [0, 0.1) is 20.2 Å². The molecule has 2 amide bonds. The number of rotatable bonds is 6. The Labute approximate surface area is 230 Å². The molecule has 2 heterocycles.